The fraction of sp³-hybridized carbons (Fsp3) is 0.667. The van der Waals surface area contributed by atoms with Crippen LogP contribution in [0.1, 0.15) is 12.8 Å². The Hall–Kier alpha value is -1.56. The Morgan fingerprint density at radius 1 is 1.33 bits per heavy atom. The summed E-state index contributed by atoms with van der Waals surface area (Å²) >= 11 is 0. The molecule has 18 heavy (non-hydrogen) atoms. The number of piperidine rings is 1. The zero-order valence-electron chi connectivity index (χ0n) is 10.8. The lowest BCUT2D eigenvalue weighted by Gasteiger charge is -2.31. The van der Waals surface area contributed by atoms with E-state index in [1.165, 1.54) is 0 Å². The van der Waals surface area contributed by atoms with Crippen molar-refractivity contribution in [3.8, 4) is 11.8 Å². The van der Waals surface area contributed by atoms with Gasteiger partial charge in [-0.05, 0) is 18.8 Å². The van der Waals surface area contributed by atoms with E-state index in [2.05, 4.69) is 14.9 Å². The number of aliphatic hydroxyl groups excluding tert-OH is 1. The molecule has 0 saturated carbocycles. The summed E-state index contributed by atoms with van der Waals surface area (Å²) in [4.78, 5) is 10.7. The molecule has 2 heterocycles. The van der Waals surface area contributed by atoms with Crippen molar-refractivity contribution in [2.45, 2.75) is 12.8 Å². The fourth-order valence-corrected chi connectivity index (χ4v) is 2.14. The maximum atomic E-state index is 9.24. The molecule has 0 radical (unpaired) electrons. The first-order valence-corrected chi connectivity index (χ1v) is 6.09. The molecule has 0 amide bonds. The number of ether oxygens (including phenoxy) is 2. The van der Waals surface area contributed by atoms with Gasteiger partial charge in [-0.2, -0.15) is 9.97 Å². The third-order valence-corrected chi connectivity index (χ3v) is 3.15. The Bertz CT molecular complexity index is 378. The molecule has 0 spiro atoms. The van der Waals surface area contributed by atoms with Crippen molar-refractivity contribution in [3.63, 3.8) is 0 Å². The Labute approximate surface area is 107 Å². The summed E-state index contributed by atoms with van der Waals surface area (Å²) in [5, 5.41) is 9.24. The standard InChI is InChI=1S/C12H19N3O3/c1-17-10-6-11(18-2)14-12(13-10)15-5-3-4-9(7-15)8-16/h6,9,16H,3-5,7-8H2,1-2H3. The van der Waals surface area contributed by atoms with Gasteiger partial charge >= 0.3 is 0 Å². The minimum atomic E-state index is 0.206. The van der Waals surface area contributed by atoms with Crippen molar-refractivity contribution in [1.82, 2.24) is 9.97 Å². The van der Waals surface area contributed by atoms with Gasteiger partial charge in [0.15, 0.2) is 0 Å². The van der Waals surface area contributed by atoms with E-state index in [1.54, 1.807) is 20.3 Å². The molecule has 1 aromatic heterocycles. The van der Waals surface area contributed by atoms with E-state index in [0.717, 1.165) is 25.9 Å². The first-order valence-electron chi connectivity index (χ1n) is 6.09. The summed E-state index contributed by atoms with van der Waals surface area (Å²) in [6.07, 6.45) is 2.09. The van der Waals surface area contributed by atoms with Crippen molar-refractivity contribution in [2.24, 2.45) is 5.92 Å². The zero-order valence-corrected chi connectivity index (χ0v) is 10.8. The average Bonchev–Trinajstić information content (AvgIpc) is 2.46. The molecule has 1 N–H and O–H groups in total. The van der Waals surface area contributed by atoms with Gasteiger partial charge in [0.25, 0.3) is 0 Å². The van der Waals surface area contributed by atoms with Crippen LogP contribution in [0.3, 0.4) is 0 Å². The largest absolute Gasteiger partial charge is 0.481 e. The maximum absolute atomic E-state index is 9.24. The van der Waals surface area contributed by atoms with Gasteiger partial charge < -0.3 is 19.5 Å². The van der Waals surface area contributed by atoms with Crippen LogP contribution in [0.15, 0.2) is 6.07 Å². The average molecular weight is 253 g/mol. The summed E-state index contributed by atoms with van der Waals surface area (Å²) in [6.45, 7) is 1.87. The van der Waals surface area contributed by atoms with Crippen LogP contribution in [-0.2, 0) is 0 Å². The Kier molecular flexibility index (Phi) is 4.19. The molecule has 1 saturated heterocycles. The summed E-state index contributed by atoms with van der Waals surface area (Å²) in [7, 11) is 3.14. The van der Waals surface area contributed by atoms with Gasteiger partial charge in [-0.15, -0.1) is 0 Å². The second-order valence-corrected chi connectivity index (χ2v) is 4.39. The van der Waals surface area contributed by atoms with Crippen LogP contribution >= 0.6 is 0 Å². The van der Waals surface area contributed by atoms with E-state index in [9.17, 15) is 5.11 Å². The molecule has 6 nitrogen and oxygen atoms in total. The van der Waals surface area contributed by atoms with Crippen LogP contribution in [0.4, 0.5) is 5.95 Å². The molecule has 0 aromatic carbocycles. The Morgan fingerprint density at radius 2 is 2.00 bits per heavy atom. The quantitative estimate of drug-likeness (QED) is 0.852. The van der Waals surface area contributed by atoms with Gasteiger partial charge in [0.05, 0.1) is 20.3 Å². The molecule has 0 aliphatic carbocycles. The number of aromatic nitrogens is 2. The molecule has 1 fully saturated rings. The molecule has 6 heteroatoms. The van der Waals surface area contributed by atoms with E-state index >= 15 is 0 Å². The minimum absolute atomic E-state index is 0.206. The van der Waals surface area contributed by atoms with E-state index in [4.69, 9.17) is 9.47 Å². The number of anilines is 1. The topological polar surface area (TPSA) is 67.7 Å². The van der Waals surface area contributed by atoms with Crippen molar-refractivity contribution < 1.29 is 14.6 Å². The summed E-state index contributed by atoms with van der Waals surface area (Å²) < 4.78 is 10.3. The zero-order chi connectivity index (χ0) is 13.0. The first kappa shape index (κ1) is 12.9. The SMILES string of the molecule is COc1cc(OC)nc(N2CCCC(CO)C2)n1. The molecule has 1 aromatic rings. The van der Waals surface area contributed by atoms with Gasteiger partial charge in [-0.1, -0.05) is 0 Å². The number of rotatable bonds is 4. The predicted molar refractivity (Wildman–Crippen MR) is 67.2 cm³/mol. The van der Waals surface area contributed by atoms with Crippen molar-refractivity contribution in [2.75, 3.05) is 38.8 Å². The second-order valence-electron chi connectivity index (χ2n) is 4.39. The lowest BCUT2D eigenvalue weighted by atomic mass is 9.99. The van der Waals surface area contributed by atoms with E-state index in [0.29, 0.717) is 23.6 Å². The molecule has 1 unspecified atom stereocenters. The first-order chi connectivity index (χ1) is 8.76. The highest BCUT2D eigenvalue weighted by molar-refractivity contribution is 5.37. The van der Waals surface area contributed by atoms with Crippen LogP contribution in [0, 0.1) is 5.92 Å². The summed E-state index contributed by atoms with van der Waals surface area (Å²) in [6, 6.07) is 1.65. The minimum Gasteiger partial charge on any atom is -0.481 e. The number of nitrogens with zero attached hydrogens (tertiary/aromatic N) is 3. The van der Waals surface area contributed by atoms with Crippen LogP contribution in [0.2, 0.25) is 0 Å². The predicted octanol–water partition coefficient (Wildman–Crippen LogP) is 0.702. The van der Waals surface area contributed by atoms with Crippen LogP contribution < -0.4 is 14.4 Å². The Morgan fingerprint density at radius 3 is 2.56 bits per heavy atom. The normalized spacial score (nSPS) is 19.7. The van der Waals surface area contributed by atoms with Crippen molar-refractivity contribution in [3.05, 3.63) is 6.07 Å². The van der Waals surface area contributed by atoms with Gasteiger partial charge in [0.2, 0.25) is 17.7 Å². The van der Waals surface area contributed by atoms with Gasteiger partial charge in [-0.3, -0.25) is 0 Å². The lowest BCUT2D eigenvalue weighted by Crippen LogP contribution is -2.37. The highest BCUT2D eigenvalue weighted by Crippen LogP contribution is 2.24. The van der Waals surface area contributed by atoms with Crippen molar-refractivity contribution >= 4 is 5.95 Å². The van der Waals surface area contributed by atoms with Gasteiger partial charge in [0, 0.05) is 19.7 Å². The lowest BCUT2D eigenvalue weighted by molar-refractivity contribution is 0.208. The summed E-state index contributed by atoms with van der Waals surface area (Å²) in [5.74, 6) is 1.87. The summed E-state index contributed by atoms with van der Waals surface area (Å²) in [5.41, 5.74) is 0. The number of hydrogen-bond acceptors (Lipinski definition) is 6. The van der Waals surface area contributed by atoms with E-state index in [1.807, 2.05) is 0 Å². The number of aliphatic hydroxyl groups is 1. The molecule has 0 bridgehead atoms. The highest BCUT2D eigenvalue weighted by Gasteiger charge is 2.22. The third kappa shape index (κ3) is 2.81. The molecule has 1 aliphatic rings. The van der Waals surface area contributed by atoms with Crippen LogP contribution in [-0.4, -0.2) is 49.0 Å². The van der Waals surface area contributed by atoms with Crippen LogP contribution in [0.25, 0.3) is 0 Å². The number of hydrogen-bond donors (Lipinski definition) is 1. The number of methoxy groups -OCH3 is 2. The van der Waals surface area contributed by atoms with E-state index < -0.39 is 0 Å². The van der Waals surface area contributed by atoms with Crippen molar-refractivity contribution in [1.29, 1.82) is 0 Å². The smallest absolute Gasteiger partial charge is 0.231 e. The molecule has 1 atom stereocenters. The Balaban J connectivity index is 2.20. The molecular formula is C12H19N3O3. The third-order valence-electron chi connectivity index (χ3n) is 3.15. The van der Waals surface area contributed by atoms with Gasteiger partial charge in [-0.25, -0.2) is 0 Å². The second kappa shape index (κ2) is 5.86. The van der Waals surface area contributed by atoms with Gasteiger partial charge in [0.1, 0.15) is 0 Å². The molecule has 100 valence electrons. The molecular weight excluding hydrogens is 234 g/mol. The monoisotopic (exact) mass is 253 g/mol. The maximum Gasteiger partial charge on any atom is 0.231 e. The van der Waals surface area contributed by atoms with Crippen LogP contribution in [0.5, 0.6) is 11.8 Å². The van der Waals surface area contributed by atoms with E-state index in [-0.39, 0.29) is 6.61 Å². The highest BCUT2D eigenvalue weighted by atomic mass is 16.5. The fourth-order valence-electron chi connectivity index (χ4n) is 2.14. The molecule has 1 aliphatic heterocycles. The molecule has 2 rings (SSSR count).